The smallest absolute Gasteiger partial charge is 0.248 e. The molecule has 0 atom stereocenters. The Balaban J connectivity index is 4.18. The summed E-state index contributed by atoms with van der Waals surface area (Å²) in [5.74, 6) is -0.567. The number of aldehydes is 1. The van der Waals surface area contributed by atoms with Crippen molar-refractivity contribution in [3.8, 4) is 0 Å². The molecule has 19 heavy (non-hydrogen) atoms. The van der Waals surface area contributed by atoms with Crippen LogP contribution in [0.2, 0.25) is 0 Å². The van der Waals surface area contributed by atoms with Gasteiger partial charge in [-0.25, -0.2) is 0 Å². The Labute approximate surface area is 112 Å². The first kappa shape index (κ1) is 16.6. The highest BCUT2D eigenvalue weighted by molar-refractivity contribution is 5.92. The zero-order chi connectivity index (χ0) is 14.7. The lowest BCUT2D eigenvalue weighted by Gasteiger charge is -2.04. The monoisotopic (exact) mass is 262 g/mol. The van der Waals surface area contributed by atoms with Crippen molar-refractivity contribution in [3.63, 3.8) is 0 Å². The van der Waals surface area contributed by atoms with E-state index in [4.69, 9.17) is 0 Å². The lowest BCUT2D eigenvalue weighted by Crippen LogP contribution is -2.21. The lowest BCUT2D eigenvalue weighted by molar-refractivity contribution is -0.120. The van der Waals surface area contributed by atoms with Crippen molar-refractivity contribution in [1.82, 2.24) is 10.6 Å². The number of amides is 2. The molecule has 0 unspecified atom stereocenters. The Hall–Kier alpha value is -2.43. The van der Waals surface area contributed by atoms with Gasteiger partial charge in [0, 0.05) is 23.9 Å². The van der Waals surface area contributed by atoms with Gasteiger partial charge in [0.05, 0.1) is 0 Å². The van der Waals surface area contributed by atoms with Gasteiger partial charge in [-0.3, -0.25) is 14.4 Å². The summed E-state index contributed by atoms with van der Waals surface area (Å²) in [6, 6.07) is 0. The van der Waals surface area contributed by atoms with Crippen molar-refractivity contribution in [3.05, 3.63) is 48.9 Å². The fraction of sp³-hybridized carbons (Fsp3) is 0.214. The summed E-state index contributed by atoms with van der Waals surface area (Å²) >= 11 is 0. The molecule has 102 valence electrons. The molecule has 0 bridgehead atoms. The average molecular weight is 262 g/mol. The molecule has 5 heteroatoms. The number of allylic oxidation sites excluding steroid dienone is 3. The second-order valence-electron chi connectivity index (χ2n) is 3.67. The highest BCUT2D eigenvalue weighted by Crippen LogP contribution is 1.95. The summed E-state index contributed by atoms with van der Waals surface area (Å²) in [5, 5.41) is 5.02. The van der Waals surface area contributed by atoms with Gasteiger partial charge in [-0.1, -0.05) is 20.1 Å². The van der Waals surface area contributed by atoms with Crippen LogP contribution in [-0.2, 0) is 14.4 Å². The molecule has 0 aromatic rings. The van der Waals surface area contributed by atoms with Crippen molar-refractivity contribution in [2.75, 3.05) is 0 Å². The molecule has 0 aromatic carbocycles. The number of nitrogens with one attached hydrogen (secondary N) is 2. The highest BCUT2D eigenvalue weighted by atomic mass is 16.2. The predicted molar refractivity (Wildman–Crippen MR) is 73.8 cm³/mol. The SMILES string of the molecule is C=C(C=CC(=C)NC(=O)CCC)NC(=O)C=CC=O. The van der Waals surface area contributed by atoms with Crippen molar-refractivity contribution in [2.45, 2.75) is 19.8 Å². The molecule has 5 nitrogen and oxygen atoms in total. The van der Waals surface area contributed by atoms with Crippen LogP contribution in [0.3, 0.4) is 0 Å². The molecule has 0 heterocycles. The number of carbonyl (C=O) groups excluding carboxylic acids is 3. The zero-order valence-corrected chi connectivity index (χ0v) is 10.9. The number of rotatable bonds is 8. The third-order valence-corrected chi connectivity index (χ3v) is 1.87. The van der Waals surface area contributed by atoms with Gasteiger partial charge in [-0.15, -0.1) is 0 Å². The maximum atomic E-state index is 11.3. The lowest BCUT2D eigenvalue weighted by atomic mass is 10.3. The Morgan fingerprint density at radius 3 is 2.16 bits per heavy atom. The van der Waals surface area contributed by atoms with Crippen LogP contribution in [0.1, 0.15) is 19.8 Å². The molecule has 0 saturated heterocycles. The van der Waals surface area contributed by atoms with E-state index in [0.29, 0.717) is 24.1 Å². The van der Waals surface area contributed by atoms with Gasteiger partial charge in [-0.2, -0.15) is 0 Å². The standard InChI is InChI=1S/C14H18N2O3/c1-4-6-13(18)15-11(2)8-9-12(3)16-14(19)7-5-10-17/h5,7-10H,2-4,6H2,1H3,(H,15,18)(H,16,19). The summed E-state index contributed by atoms with van der Waals surface area (Å²) in [6.45, 7) is 9.15. The van der Waals surface area contributed by atoms with Crippen LogP contribution in [0.4, 0.5) is 0 Å². The van der Waals surface area contributed by atoms with E-state index < -0.39 is 5.91 Å². The molecule has 0 radical (unpaired) electrons. The van der Waals surface area contributed by atoms with Crippen molar-refractivity contribution >= 4 is 18.1 Å². The van der Waals surface area contributed by atoms with E-state index in [1.165, 1.54) is 12.2 Å². The summed E-state index contributed by atoms with van der Waals surface area (Å²) < 4.78 is 0. The fourth-order valence-electron chi connectivity index (χ4n) is 1.08. The summed E-state index contributed by atoms with van der Waals surface area (Å²) in [6.07, 6.45) is 6.89. The van der Waals surface area contributed by atoms with Crippen molar-refractivity contribution < 1.29 is 14.4 Å². The fourth-order valence-corrected chi connectivity index (χ4v) is 1.08. The number of hydrogen-bond acceptors (Lipinski definition) is 3. The molecule has 0 rings (SSSR count). The molecule has 2 N–H and O–H groups in total. The van der Waals surface area contributed by atoms with E-state index in [0.717, 1.165) is 18.6 Å². The topological polar surface area (TPSA) is 75.3 Å². The second-order valence-corrected chi connectivity index (χ2v) is 3.67. The summed E-state index contributed by atoms with van der Waals surface area (Å²) in [4.78, 5) is 32.4. The van der Waals surface area contributed by atoms with Gasteiger partial charge in [0.15, 0.2) is 0 Å². The first-order chi connectivity index (χ1) is 8.99. The zero-order valence-electron chi connectivity index (χ0n) is 10.9. The van der Waals surface area contributed by atoms with E-state index in [9.17, 15) is 14.4 Å². The van der Waals surface area contributed by atoms with Crippen LogP contribution in [0.15, 0.2) is 48.9 Å². The van der Waals surface area contributed by atoms with E-state index in [1.54, 1.807) is 0 Å². The first-order valence-corrected chi connectivity index (χ1v) is 5.78. The number of carbonyl (C=O) groups is 3. The molecular formula is C14H18N2O3. The van der Waals surface area contributed by atoms with Gasteiger partial charge < -0.3 is 10.6 Å². The third kappa shape index (κ3) is 9.29. The molecule has 0 fully saturated rings. The van der Waals surface area contributed by atoms with Crippen molar-refractivity contribution in [2.24, 2.45) is 0 Å². The second kappa shape index (κ2) is 9.58. The van der Waals surface area contributed by atoms with Crippen LogP contribution in [0.25, 0.3) is 0 Å². The van der Waals surface area contributed by atoms with Gasteiger partial charge in [0.1, 0.15) is 6.29 Å². The molecular weight excluding hydrogens is 244 g/mol. The largest absolute Gasteiger partial charge is 0.327 e. The highest BCUT2D eigenvalue weighted by Gasteiger charge is 1.99. The van der Waals surface area contributed by atoms with Crippen LogP contribution in [-0.4, -0.2) is 18.1 Å². The van der Waals surface area contributed by atoms with E-state index >= 15 is 0 Å². The average Bonchev–Trinajstić information content (AvgIpc) is 2.34. The van der Waals surface area contributed by atoms with E-state index in [2.05, 4.69) is 23.8 Å². The Bertz CT molecular complexity index is 434. The summed E-state index contributed by atoms with van der Waals surface area (Å²) in [5.41, 5.74) is 0.740. The molecule has 0 aliphatic rings. The molecule has 0 aliphatic carbocycles. The van der Waals surface area contributed by atoms with Gasteiger partial charge >= 0.3 is 0 Å². The van der Waals surface area contributed by atoms with Crippen LogP contribution in [0, 0.1) is 0 Å². The predicted octanol–water partition coefficient (Wildman–Crippen LogP) is 1.36. The van der Waals surface area contributed by atoms with Gasteiger partial charge in [-0.05, 0) is 24.6 Å². The van der Waals surface area contributed by atoms with Crippen LogP contribution in [0.5, 0.6) is 0 Å². The minimum atomic E-state index is -0.456. The van der Waals surface area contributed by atoms with Gasteiger partial charge in [0.2, 0.25) is 11.8 Å². The van der Waals surface area contributed by atoms with E-state index in [1.807, 2.05) is 6.92 Å². The Morgan fingerprint density at radius 1 is 1.05 bits per heavy atom. The molecule has 0 spiro atoms. The van der Waals surface area contributed by atoms with E-state index in [-0.39, 0.29) is 5.91 Å². The van der Waals surface area contributed by atoms with Crippen LogP contribution >= 0.6 is 0 Å². The molecule has 0 aliphatic heterocycles. The Morgan fingerprint density at radius 2 is 1.63 bits per heavy atom. The maximum Gasteiger partial charge on any atom is 0.248 e. The Kier molecular flexibility index (Phi) is 8.36. The number of hydrogen-bond donors (Lipinski definition) is 2. The first-order valence-electron chi connectivity index (χ1n) is 5.78. The minimum Gasteiger partial charge on any atom is -0.327 e. The third-order valence-electron chi connectivity index (χ3n) is 1.87. The molecule has 0 aromatic heterocycles. The van der Waals surface area contributed by atoms with Gasteiger partial charge in [0.25, 0.3) is 0 Å². The molecule has 2 amide bonds. The quantitative estimate of drug-likeness (QED) is 0.394. The normalized spacial score (nSPS) is 10.4. The summed E-state index contributed by atoms with van der Waals surface area (Å²) in [7, 11) is 0. The van der Waals surface area contributed by atoms with Crippen molar-refractivity contribution in [1.29, 1.82) is 0 Å². The maximum absolute atomic E-state index is 11.3. The van der Waals surface area contributed by atoms with Crippen LogP contribution < -0.4 is 10.6 Å². The minimum absolute atomic E-state index is 0.110. The molecule has 0 saturated carbocycles.